The molecule has 5 heteroatoms. The summed E-state index contributed by atoms with van der Waals surface area (Å²) in [6.07, 6.45) is 7.59. The van der Waals surface area contributed by atoms with E-state index in [1.165, 1.54) is 0 Å². The van der Waals surface area contributed by atoms with E-state index in [4.69, 9.17) is 8.92 Å². The molecule has 0 aromatic rings. The largest absolute Gasteiger partial charge is 0.348 e. The Hall–Kier alpha value is -0.390. The van der Waals surface area contributed by atoms with Gasteiger partial charge in [-0.1, -0.05) is 6.08 Å². The highest BCUT2D eigenvalue weighted by Gasteiger charge is 2.62. The minimum absolute atomic E-state index is 0.170. The number of ether oxygens (including phenoxy) is 1. The number of hydrogen-bond acceptors (Lipinski definition) is 4. The van der Waals surface area contributed by atoms with Crippen LogP contribution in [0.25, 0.3) is 0 Å². The van der Waals surface area contributed by atoms with Gasteiger partial charge in [0.25, 0.3) is 10.1 Å². The highest BCUT2D eigenvalue weighted by Crippen LogP contribution is 2.59. The van der Waals surface area contributed by atoms with Crippen LogP contribution in [0.15, 0.2) is 12.7 Å². The molecule has 18 heavy (non-hydrogen) atoms. The van der Waals surface area contributed by atoms with Crippen molar-refractivity contribution in [3.8, 4) is 0 Å². The number of hydrogen-bond donors (Lipinski definition) is 0. The van der Waals surface area contributed by atoms with Crippen LogP contribution in [-0.2, 0) is 19.0 Å². The fourth-order valence-corrected chi connectivity index (χ4v) is 5.00. The van der Waals surface area contributed by atoms with Gasteiger partial charge in [-0.2, -0.15) is 8.42 Å². The van der Waals surface area contributed by atoms with Gasteiger partial charge in [-0.25, -0.2) is 4.18 Å². The van der Waals surface area contributed by atoms with Crippen molar-refractivity contribution < 1.29 is 17.3 Å². The van der Waals surface area contributed by atoms with E-state index in [0.29, 0.717) is 13.0 Å². The van der Waals surface area contributed by atoms with Gasteiger partial charge in [-0.05, 0) is 38.5 Å². The first kappa shape index (κ1) is 12.6. The fraction of sp³-hybridized carbons (Fsp3) is 0.846. The molecule has 4 nitrogen and oxygen atoms in total. The zero-order valence-electron chi connectivity index (χ0n) is 10.6. The second kappa shape index (κ2) is 4.05. The molecule has 2 saturated carbocycles. The Labute approximate surface area is 108 Å². The quantitative estimate of drug-likeness (QED) is 0.569. The highest BCUT2D eigenvalue weighted by atomic mass is 32.2. The maximum Gasteiger partial charge on any atom is 0.272 e. The lowest BCUT2D eigenvalue weighted by Crippen LogP contribution is -2.45. The lowest BCUT2D eigenvalue weighted by molar-refractivity contribution is -0.187. The molecule has 0 radical (unpaired) electrons. The van der Waals surface area contributed by atoms with Crippen LogP contribution in [0.1, 0.15) is 44.9 Å². The van der Waals surface area contributed by atoms with E-state index in [2.05, 4.69) is 6.58 Å². The minimum atomic E-state index is -3.45. The van der Waals surface area contributed by atoms with Crippen LogP contribution < -0.4 is 0 Å². The first-order valence-corrected chi connectivity index (χ1v) is 8.20. The molecule has 3 fully saturated rings. The molecular formula is C13H20O4S. The summed E-state index contributed by atoms with van der Waals surface area (Å²) in [6.45, 7) is 4.39. The second-order valence-electron chi connectivity index (χ2n) is 5.75. The molecule has 102 valence electrons. The van der Waals surface area contributed by atoms with Crippen molar-refractivity contribution in [3.63, 3.8) is 0 Å². The number of rotatable bonds is 5. The highest BCUT2D eigenvalue weighted by molar-refractivity contribution is 7.87. The SMILES string of the molecule is C=CCC12CCCC1(OS(=O)(=O)C1CC1)OCC2. The molecule has 2 unspecified atom stereocenters. The predicted octanol–water partition coefficient (Wildman–Crippen LogP) is 2.36. The molecule has 1 saturated heterocycles. The molecule has 0 bridgehead atoms. The van der Waals surface area contributed by atoms with Crippen molar-refractivity contribution in [2.45, 2.75) is 56.0 Å². The summed E-state index contributed by atoms with van der Waals surface area (Å²) in [4.78, 5) is 0. The minimum Gasteiger partial charge on any atom is -0.348 e. The van der Waals surface area contributed by atoms with Crippen LogP contribution in [-0.4, -0.2) is 26.1 Å². The van der Waals surface area contributed by atoms with Gasteiger partial charge in [0.2, 0.25) is 0 Å². The normalized spacial score (nSPS) is 39.8. The number of fused-ring (bicyclic) bond motifs is 1. The predicted molar refractivity (Wildman–Crippen MR) is 67.4 cm³/mol. The maximum atomic E-state index is 12.1. The van der Waals surface area contributed by atoms with Crippen molar-refractivity contribution in [1.82, 2.24) is 0 Å². The smallest absolute Gasteiger partial charge is 0.272 e. The molecule has 3 rings (SSSR count). The van der Waals surface area contributed by atoms with E-state index in [9.17, 15) is 8.42 Å². The van der Waals surface area contributed by atoms with E-state index < -0.39 is 15.9 Å². The van der Waals surface area contributed by atoms with Crippen LogP contribution in [0.5, 0.6) is 0 Å². The monoisotopic (exact) mass is 272 g/mol. The van der Waals surface area contributed by atoms with Crippen LogP contribution in [0.3, 0.4) is 0 Å². The zero-order valence-corrected chi connectivity index (χ0v) is 11.4. The first-order chi connectivity index (χ1) is 8.54. The van der Waals surface area contributed by atoms with Crippen molar-refractivity contribution in [3.05, 3.63) is 12.7 Å². The van der Waals surface area contributed by atoms with Crippen molar-refractivity contribution in [2.24, 2.45) is 5.41 Å². The van der Waals surface area contributed by atoms with Gasteiger partial charge in [0.15, 0.2) is 5.79 Å². The Kier molecular flexibility index (Phi) is 2.84. The van der Waals surface area contributed by atoms with Crippen molar-refractivity contribution in [2.75, 3.05) is 6.61 Å². The molecule has 2 aliphatic carbocycles. The topological polar surface area (TPSA) is 52.6 Å². The van der Waals surface area contributed by atoms with Crippen LogP contribution in [0.4, 0.5) is 0 Å². The Bertz CT molecular complexity index is 440. The Morgan fingerprint density at radius 3 is 2.78 bits per heavy atom. The van der Waals surface area contributed by atoms with Gasteiger partial charge in [0, 0.05) is 11.8 Å². The summed E-state index contributed by atoms with van der Waals surface area (Å²) in [5.41, 5.74) is -0.170. The van der Waals surface area contributed by atoms with E-state index in [-0.39, 0.29) is 10.7 Å². The average molecular weight is 272 g/mol. The van der Waals surface area contributed by atoms with Crippen LogP contribution in [0.2, 0.25) is 0 Å². The molecule has 0 amide bonds. The molecule has 0 spiro atoms. The summed E-state index contributed by atoms with van der Waals surface area (Å²) in [5.74, 6) is -0.900. The van der Waals surface area contributed by atoms with E-state index in [1.54, 1.807) is 0 Å². The van der Waals surface area contributed by atoms with E-state index in [1.807, 2.05) is 6.08 Å². The Morgan fingerprint density at radius 1 is 1.33 bits per heavy atom. The summed E-state index contributed by atoms with van der Waals surface area (Å²) in [6, 6.07) is 0. The third kappa shape index (κ3) is 1.75. The summed E-state index contributed by atoms with van der Waals surface area (Å²) < 4.78 is 35.6. The van der Waals surface area contributed by atoms with E-state index in [0.717, 1.165) is 38.5 Å². The summed E-state index contributed by atoms with van der Waals surface area (Å²) >= 11 is 0. The maximum absolute atomic E-state index is 12.1. The molecule has 0 aromatic carbocycles. The van der Waals surface area contributed by atoms with E-state index >= 15 is 0 Å². The van der Waals surface area contributed by atoms with Gasteiger partial charge >= 0.3 is 0 Å². The van der Waals surface area contributed by atoms with Gasteiger partial charge in [-0.3, -0.25) is 0 Å². The lowest BCUT2D eigenvalue weighted by Gasteiger charge is -2.37. The average Bonchev–Trinajstić information content (AvgIpc) is 3.01. The molecular weight excluding hydrogens is 252 g/mol. The Balaban J connectivity index is 1.89. The van der Waals surface area contributed by atoms with Gasteiger partial charge in [0.1, 0.15) is 0 Å². The molecule has 0 N–H and O–H groups in total. The van der Waals surface area contributed by atoms with Crippen molar-refractivity contribution in [1.29, 1.82) is 0 Å². The summed E-state index contributed by atoms with van der Waals surface area (Å²) in [7, 11) is -3.45. The van der Waals surface area contributed by atoms with Crippen LogP contribution >= 0.6 is 0 Å². The third-order valence-corrected chi connectivity index (χ3v) is 6.39. The standard InChI is InChI=1S/C13H20O4S/c1-2-6-12-7-3-8-13(12,16-10-9-12)17-18(14,15)11-4-5-11/h2,11H,1,3-10H2. The van der Waals surface area contributed by atoms with Gasteiger partial charge in [0.05, 0.1) is 11.9 Å². The van der Waals surface area contributed by atoms with Gasteiger partial charge in [-0.15, -0.1) is 6.58 Å². The first-order valence-electron chi connectivity index (χ1n) is 6.73. The summed E-state index contributed by atoms with van der Waals surface area (Å²) in [5, 5.41) is -0.293. The zero-order chi connectivity index (χ0) is 12.9. The van der Waals surface area contributed by atoms with Crippen molar-refractivity contribution >= 4 is 10.1 Å². The van der Waals surface area contributed by atoms with Crippen LogP contribution in [0, 0.1) is 5.41 Å². The third-order valence-electron chi connectivity index (χ3n) is 4.60. The molecule has 2 atom stereocenters. The second-order valence-corrected chi connectivity index (χ2v) is 7.57. The molecule has 3 aliphatic rings. The number of allylic oxidation sites excluding steroid dienone is 1. The lowest BCUT2D eigenvalue weighted by atomic mass is 9.77. The van der Waals surface area contributed by atoms with Gasteiger partial charge < -0.3 is 4.74 Å². The molecule has 1 heterocycles. The molecule has 0 aromatic heterocycles. The Morgan fingerprint density at radius 2 is 2.11 bits per heavy atom. The fourth-order valence-electron chi connectivity index (χ4n) is 3.47. The molecule has 1 aliphatic heterocycles.